The summed E-state index contributed by atoms with van der Waals surface area (Å²) in [7, 11) is 0. The molecule has 0 radical (unpaired) electrons. The van der Waals surface area contributed by atoms with E-state index in [2.05, 4.69) is 12.1 Å². The molecule has 0 saturated carbocycles. The molecule has 1 aromatic rings. The van der Waals surface area contributed by atoms with Gasteiger partial charge in [0.15, 0.2) is 0 Å². The number of ether oxygens (including phenoxy) is 2. The van der Waals surface area contributed by atoms with Crippen molar-refractivity contribution < 1.29 is 14.3 Å². The number of carbonyl (C=O) groups is 1. The van der Waals surface area contributed by atoms with E-state index in [9.17, 15) is 4.79 Å². The van der Waals surface area contributed by atoms with Gasteiger partial charge in [-0.3, -0.25) is 0 Å². The van der Waals surface area contributed by atoms with Crippen molar-refractivity contribution in [2.24, 2.45) is 0 Å². The second-order valence-corrected chi connectivity index (χ2v) is 4.22. The highest BCUT2D eigenvalue weighted by Gasteiger charge is 1.91. The van der Waals surface area contributed by atoms with Gasteiger partial charge in [-0.2, -0.15) is 0 Å². The Morgan fingerprint density at radius 1 is 1.20 bits per heavy atom. The van der Waals surface area contributed by atoms with Gasteiger partial charge in [0.1, 0.15) is 0 Å². The van der Waals surface area contributed by atoms with Crippen LogP contribution in [0.1, 0.15) is 25.3 Å². The largest absolute Gasteiger partial charge is 0.463 e. The smallest absolute Gasteiger partial charge is 0.330 e. The van der Waals surface area contributed by atoms with Crippen LogP contribution in [0.3, 0.4) is 0 Å². The van der Waals surface area contributed by atoms with E-state index >= 15 is 0 Å². The van der Waals surface area contributed by atoms with Crippen LogP contribution in [0.15, 0.2) is 54.6 Å². The van der Waals surface area contributed by atoms with E-state index in [0.29, 0.717) is 13.2 Å². The molecule has 0 aliphatic carbocycles. The highest BCUT2D eigenvalue weighted by Crippen LogP contribution is 2.01. The lowest BCUT2D eigenvalue weighted by molar-refractivity contribution is -0.137. The molecule has 1 rings (SSSR count). The first-order valence-corrected chi connectivity index (χ1v) is 6.94. The molecule has 0 unspecified atom stereocenters. The van der Waals surface area contributed by atoms with Crippen LogP contribution in [-0.2, 0) is 20.9 Å². The molecule has 0 aliphatic rings. The maximum Gasteiger partial charge on any atom is 0.330 e. The minimum absolute atomic E-state index is 0.302. The van der Waals surface area contributed by atoms with Gasteiger partial charge in [-0.05, 0) is 25.3 Å². The summed E-state index contributed by atoms with van der Waals surface area (Å²) < 4.78 is 10.3. The number of hydrogen-bond donors (Lipinski definition) is 0. The zero-order chi connectivity index (χ0) is 14.5. The van der Waals surface area contributed by atoms with Crippen LogP contribution in [-0.4, -0.2) is 19.2 Å². The highest BCUT2D eigenvalue weighted by atomic mass is 16.5. The third-order valence-electron chi connectivity index (χ3n) is 2.54. The summed E-state index contributed by atoms with van der Waals surface area (Å²) in [6.45, 7) is 3.59. The van der Waals surface area contributed by atoms with Crippen molar-refractivity contribution in [1.82, 2.24) is 0 Å². The first-order valence-electron chi connectivity index (χ1n) is 6.94. The third-order valence-corrected chi connectivity index (χ3v) is 2.54. The Hall–Kier alpha value is -1.87. The van der Waals surface area contributed by atoms with Crippen LogP contribution in [0, 0.1) is 0 Å². The van der Waals surface area contributed by atoms with Gasteiger partial charge in [0.05, 0.1) is 13.2 Å². The maximum atomic E-state index is 11.0. The Balaban J connectivity index is 2.00. The molecule has 0 spiro atoms. The zero-order valence-corrected chi connectivity index (χ0v) is 12.0. The quantitative estimate of drug-likeness (QED) is 0.298. The molecule has 0 amide bonds. The van der Waals surface area contributed by atoms with E-state index in [0.717, 1.165) is 19.4 Å². The van der Waals surface area contributed by atoms with Crippen molar-refractivity contribution in [1.29, 1.82) is 0 Å². The summed E-state index contributed by atoms with van der Waals surface area (Å²) in [5, 5.41) is 0. The van der Waals surface area contributed by atoms with Gasteiger partial charge < -0.3 is 9.47 Å². The molecule has 1 aromatic carbocycles. The molecule has 0 atom stereocenters. The Morgan fingerprint density at radius 3 is 2.75 bits per heavy atom. The molecule has 0 bridgehead atoms. The third kappa shape index (κ3) is 8.27. The maximum absolute atomic E-state index is 11.0. The number of rotatable bonds is 9. The minimum Gasteiger partial charge on any atom is -0.463 e. The standard InChI is InChI=1S/C17H22O3/c1-2-20-17(18)13-9-4-3-5-10-14-19-15-16-11-7-6-8-12-16/h3-4,6-9,11-13H,2,5,10,14-15H2,1H3. The monoisotopic (exact) mass is 274 g/mol. The van der Waals surface area contributed by atoms with Crippen LogP contribution in [0.5, 0.6) is 0 Å². The average molecular weight is 274 g/mol. The van der Waals surface area contributed by atoms with Crippen LogP contribution in [0.4, 0.5) is 0 Å². The van der Waals surface area contributed by atoms with Gasteiger partial charge in [-0.15, -0.1) is 0 Å². The zero-order valence-electron chi connectivity index (χ0n) is 12.0. The highest BCUT2D eigenvalue weighted by molar-refractivity contribution is 5.82. The van der Waals surface area contributed by atoms with Crippen LogP contribution < -0.4 is 0 Å². The summed E-state index contributed by atoms with van der Waals surface area (Å²) in [6.07, 6.45) is 8.89. The minimum atomic E-state index is -0.302. The molecule has 0 aliphatic heterocycles. The van der Waals surface area contributed by atoms with Crippen molar-refractivity contribution >= 4 is 5.97 Å². The predicted octanol–water partition coefficient (Wildman–Crippen LogP) is 3.66. The number of esters is 1. The molecule has 0 N–H and O–H groups in total. The molecule has 3 nitrogen and oxygen atoms in total. The van der Waals surface area contributed by atoms with Crippen molar-refractivity contribution in [2.45, 2.75) is 26.4 Å². The number of benzene rings is 1. The van der Waals surface area contributed by atoms with Gasteiger partial charge >= 0.3 is 5.97 Å². The molecule has 108 valence electrons. The van der Waals surface area contributed by atoms with Gasteiger partial charge in [0, 0.05) is 12.7 Å². The number of hydrogen-bond acceptors (Lipinski definition) is 3. The first kappa shape index (κ1) is 16.2. The number of unbranched alkanes of at least 4 members (excludes halogenated alkanes) is 1. The molecular weight excluding hydrogens is 252 g/mol. The molecule has 0 fully saturated rings. The fourth-order valence-electron chi connectivity index (χ4n) is 1.57. The van der Waals surface area contributed by atoms with Gasteiger partial charge in [0.2, 0.25) is 0 Å². The summed E-state index contributed by atoms with van der Waals surface area (Å²) in [5.41, 5.74) is 1.19. The Labute approximate surface area is 120 Å². The first-order chi connectivity index (χ1) is 9.83. The van der Waals surface area contributed by atoms with Gasteiger partial charge in [-0.1, -0.05) is 48.6 Å². The lowest BCUT2D eigenvalue weighted by atomic mass is 10.2. The molecule has 0 saturated heterocycles. The van der Waals surface area contributed by atoms with E-state index in [1.807, 2.05) is 30.4 Å². The summed E-state index contributed by atoms with van der Waals surface area (Å²) in [6, 6.07) is 10.1. The topological polar surface area (TPSA) is 35.5 Å². The Kier molecular flexibility index (Phi) is 8.90. The predicted molar refractivity (Wildman–Crippen MR) is 80.2 cm³/mol. The number of carbonyl (C=O) groups excluding carboxylic acids is 1. The van der Waals surface area contributed by atoms with Gasteiger partial charge in [-0.25, -0.2) is 4.79 Å². The van der Waals surface area contributed by atoms with E-state index in [1.165, 1.54) is 11.6 Å². The fourth-order valence-corrected chi connectivity index (χ4v) is 1.57. The van der Waals surface area contributed by atoms with E-state index in [-0.39, 0.29) is 5.97 Å². The molecular formula is C17H22O3. The van der Waals surface area contributed by atoms with E-state index < -0.39 is 0 Å². The molecule has 0 aromatic heterocycles. The SMILES string of the molecule is CCOC(=O)C=CC=CCCCOCc1ccccc1. The Morgan fingerprint density at radius 2 is 2.00 bits per heavy atom. The fraction of sp³-hybridized carbons (Fsp3) is 0.353. The lowest BCUT2D eigenvalue weighted by Gasteiger charge is -2.02. The Bertz CT molecular complexity index is 421. The molecule has 3 heteroatoms. The number of allylic oxidation sites excluding steroid dienone is 3. The van der Waals surface area contributed by atoms with Crippen molar-refractivity contribution in [3.8, 4) is 0 Å². The second kappa shape index (κ2) is 11.0. The van der Waals surface area contributed by atoms with E-state index in [4.69, 9.17) is 9.47 Å². The van der Waals surface area contributed by atoms with Crippen LogP contribution >= 0.6 is 0 Å². The van der Waals surface area contributed by atoms with Crippen molar-refractivity contribution in [3.63, 3.8) is 0 Å². The van der Waals surface area contributed by atoms with Crippen molar-refractivity contribution in [2.75, 3.05) is 13.2 Å². The lowest BCUT2D eigenvalue weighted by Crippen LogP contribution is -1.98. The van der Waals surface area contributed by atoms with Gasteiger partial charge in [0.25, 0.3) is 0 Å². The van der Waals surface area contributed by atoms with Crippen LogP contribution in [0.2, 0.25) is 0 Å². The summed E-state index contributed by atoms with van der Waals surface area (Å²) >= 11 is 0. The van der Waals surface area contributed by atoms with Crippen LogP contribution in [0.25, 0.3) is 0 Å². The molecule has 0 heterocycles. The second-order valence-electron chi connectivity index (χ2n) is 4.22. The molecule has 20 heavy (non-hydrogen) atoms. The normalized spacial score (nSPS) is 11.2. The van der Waals surface area contributed by atoms with Crippen molar-refractivity contribution in [3.05, 3.63) is 60.2 Å². The van der Waals surface area contributed by atoms with E-state index in [1.54, 1.807) is 13.0 Å². The average Bonchev–Trinajstić information content (AvgIpc) is 2.47. The summed E-state index contributed by atoms with van der Waals surface area (Å²) in [5.74, 6) is -0.302. The summed E-state index contributed by atoms with van der Waals surface area (Å²) in [4.78, 5) is 11.0.